The number of nitrogens with one attached hydrogen (secondary N) is 2. The molecule has 0 heterocycles. The molecule has 2 amide bonds. The summed E-state index contributed by atoms with van der Waals surface area (Å²) in [4.78, 5) is 50.2. The Hall–Kier alpha value is -1.84. The molecule has 0 aromatic carbocycles. The number of carboxylic acids is 2. The number of carbonyl (C=O) groups excluding carboxylic acids is 4. The van der Waals surface area contributed by atoms with Crippen LogP contribution < -0.4 is 20.8 Å². The molecule has 2 atom stereocenters. The van der Waals surface area contributed by atoms with Gasteiger partial charge >= 0.3 is 17.1 Å². The van der Waals surface area contributed by atoms with Gasteiger partial charge in [-0.25, -0.2) is 0 Å². The Morgan fingerprint density at radius 2 is 1.00 bits per heavy atom. The van der Waals surface area contributed by atoms with Crippen LogP contribution in [0.25, 0.3) is 0 Å². The van der Waals surface area contributed by atoms with E-state index in [9.17, 15) is 29.4 Å². The van der Waals surface area contributed by atoms with Crippen LogP contribution in [-0.4, -0.2) is 131 Å². The summed E-state index contributed by atoms with van der Waals surface area (Å²) in [5.41, 5.74) is 0. The molecular weight excluding hydrogens is 511 g/mol. The molecule has 14 nitrogen and oxygen atoms in total. The third kappa shape index (κ3) is 12.1. The molecule has 201 valence electrons. The maximum absolute atomic E-state index is 12.4. The summed E-state index contributed by atoms with van der Waals surface area (Å²) < 4.78 is 0. The van der Waals surface area contributed by atoms with Gasteiger partial charge in [-0.1, -0.05) is 12.8 Å². The van der Waals surface area contributed by atoms with Crippen LogP contribution in [0, 0.1) is 0 Å². The zero-order chi connectivity index (χ0) is 25.7. The van der Waals surface area contributed by atoms with Crippen LogP contribution in [0.2, 0.25) is 0 Å². The zero-order valence-electron chi connectivity index (χ0n) is 19.3. The smallest absolute Gasteiger partial charge is 0.549 e. The number of aliphatic hydroxyl groups is 4. The number of aliphatic hydroxyl groups excluding tert-OH is 4. The largest absolute Gasteiger partial charge is 2.00 e. The Morgan fingerprint density at radius 3 is 1.26 bits per heavy atom. The second-order valence-electron chi connectivity index (χ2n) is 8.23. The van der Waals surface area contributed by atoms with E-state index in [1.54, 1.807) is 0 Å². The summed E-state index contributed by atoms with van der Waals surface area (Å²) in [6.07, 6.45) is 2.17. The first-order valence-corrected chi connectivity index (χ1v) is 11.0. The third-order valence-corrected chi connectivity index (χ3v) is 5.60. The number of nitrogens with zero attached hydrogens (tertiary/aromatic N) is 2. The van der Waals surface area contributed by atoms with E-state index in [1.807, 2.05) is 0 Å². The van der Waals surface area contributed by atoms with Gasteiger partial charge in [0, 0.05) is 25.2 Å². The maximum Gasteiger partial charge on any atom is 2.00 e. The molecule has 1 aliphatic carbocycles. The number of aliphatic carboxylic acids is 2. The number of carbonyl (C=O) groups is 4. The molecule has 0 spiro atoms. The van der Waals surface area contributed by atoms with E-state index < -0.39 is 101 Å². The van der Waals surface area contributed by atoms with Crippen LogP contribution in [0.5, 0.6) is 0 Å². The molecule has 0 aliphatic heterocycles. The molecular formula is C20H34MnN4O10. The van der Waals surface area contributed by atoms with Gasteiger partial charge in [-0.3, -0.25) is 19.4 Å². The number of hydrogen-bond acceptors (Lipinski definition) is 12. The topological polar surface area (TPSA) is 226 Å². The first-order valence-electron chi connectivity index (χ1n) is 11.0. The van der Waals surface area contributed by atoms with Gasteiger partial charge in [0.05, 0.1) is 63.5 Å². The first-order chi connectivity index (χ1) is 16.1. The normalized spacial score (nSPS) is 17.9. The van der Waals surface area contributed by atoms with Gasteiger partial charge in [0.2, 0.25) is 11.8 Å². The Labute approximate surface area is 213 Å². The van der Waals surface area contributed by atoms with E-state index >= 15 is 0 Å². The van der Waals surface area contributed by atoms with E-state index in [-0.39, 0.29) is 17.1 Å². The minimum Gasteiger partial charge on any atom is -0.549 e. The van der Waals surface area contributed by atoms with Crippen LogP contribution in [-0.2, 0) is 36.2 Å². The second-order valence-corrected chi connectivity index (χ2v) is 8.23. The van der Waals surface area contributed by atoms with Crippen LogP contribution in [0.1, 0.15) is 25.7 Å². The van der Waals surface area contributed by atoms with Crippen molar-refractivity contribution in [3.05, 3.63) is 0 Å². The summed E-state index contributed by atoms with van der Waals surface area (Å²) in [6.45, 7) is -4.21. The van der Waals surface area contributed by atoms with E-state index in [0.717, 1.165) is 0 Å². The predicted molar refractivity (Wildman–Crippen MR) is 111 cm³/mol. The molecule has 1 aliphatic rings. The average molecular weight is 545 g/mol. The minimum atomic E-state index is -1.46. The Kier molecular flexibility index (Phi) is 16.6. The van der Waals surface area contributed by atoms with Crippen molar-refractivity contribution in [1.82, 2.24) is 20.4 Å². The summed E-state index contributed by atoms with van der Waals surface area (Å²) in [7, 11) is 0. The van der Waals surface area contributed by atoms with Crippen molar-refractivity contribution in [1.29, 1.82) is 0 Å². The molecule has 2 unspecified atom stereocenters. The summed E-state index contributed by atoms with van der Waals surface area (Å²) in [5, 5.41) is 64.2. The van der Waals surface area contributed by atoms with Crippen molar-refractivity contribution in [2.24, 2.45) is 0 Å². The van der Waals surface area contributed by atoms with E-state index in [0.29, 0.717) is 25.7 Å². The van der Waals surface area contributed by atoms with Crippen molar-refractivity contribution in [2.75, 3.05) is 52.6 Å². The Morgan fingerprint density at radius 1 is 0.686 bits per heavy atom. The zero-order valence-corrected chi connectivity index (χ0v) is 20.5. The standard InChI is InChI=1S/C20H36N4O10.Mn/c25-9-13(10-26)21-17(29)5-23(7-19(31)32)15-3-1-2-4-16(15)24(8-20(33)34)6-18(30)22-14(11-27)12-28;/h13-16,25-28H,1-12H2,(H,21,29)(H,22,30)(H,31,32)(H,33,34);/q;+2/p-2. The van der Waals surface area contributed by atoms with E-state index in [4.69, 9.17) is 20.4 Å². The molecule has 1 rings (SSSR count). The Bertz CT molecular complexity index is 622. The fraction of sp³-hybridized carbons (Fsp3) is 0.800. The number of carboxylic acid groups (broad SMARTS) is 2. The van der Waals surface area contributed by atoms with Gasteiger partial charge in [0.15, 0.2) is 0 Å². The number of amides is 2. The van der Waals surface area contributed by atoms with Crippen LogP contribution in [0.15, 0.2) is 0 Å². The van der Waals surface area contributed by atoms with E-state index in [2.05, 4.69) is 10.6 Å². The summed E-state index contributed by atoms with van der Waals surface area (Å²) >= 11 is 0. The molecule has 35 heavy (non-hydrogen) atoms. The quantitative estimate of drug-likeness (QED) is 0.0996. The molecule has 0 aromatic heterocycles. The number of hydrogen-bond donors (Lipinski definition) is 6. The van der Waals surface area contributed by atoms with Crippen molar-refractivity contribution < 1.29 is 66.9 Å². The minimum absolute atomic E-state index is 0. The molecule has 1 fully saturated rings. The van der Waals surface area contributed by atoms with Crippen molar-refractivity contribution in [3.8, 4) is 0 Å². The number of rotatable bonds is 16. The van der Waals surface area contributed by atoms with Gasteiger partial charge in [-0.05, 0) is 12.8 Å². The summed E-state index contributed by atoms with van der Waals surface area (Å²) in [6, 6.07) is -3.11. The first kappa shape index (κ1) is 33.2. The van der Waals surface area contributed by atoms with Gasteiger partial charge in [-0.2, -0.15) is 0 Å². The Balaban J connectivity index is 0.0000116. The average Bonchev–Trinajstić information content (AvgIpc) is 2.79. The van der Waals surface area contributed by atoms with Gasteiger partial charge in [-0.15, -0.1) is 0 Å². The predicted octanol–water partition coefficient (Wildman–Crippen LogP) is -6.66. The fourth-order valence-corrected chi connectivity index (χ4v) is 4.07. The third-order valence-electron chi connectivity index (χ3n) is 5.60. The SMILES string of the molecule is O=C([O-])CN(CC(=O)NC(CO)CO)C1CCCCC1N(CC(=O)[O-])CC(=O)NC(CO)CO.[Mn+2]. The molecule has 0 saturated heterocycles. The molecule has 15 heteroatoms. The van der Waals surface area contributed by atoms with Gasteiger partial charge in [0.1, 0.15) is 0 Å². The van der Waals surface area contributed by atoms with Crippen LogP contribution >= 0.6 is 0 Å². The van der Waals surface area contributed by atoms with Gasteiger partial charge in [0.25, 0.3) is 0 Å². The summed E-state index contributed by atoms with van der Waals surface area (Å²) in [5.74, 6) is -4.24. The van der Waals surface area contributed by atoms with Crippen LogP contribution in [0.4, 0.5) is 0 Å². The molecule has 1 saturated carbocycles. The fourth-order valence-electron chi connectivity index (χ4n) is 4.07. The molecule has 0 bridgehead atoms. The molecule has 6 N–H and O–H groups in total. The molecule has 0 aromatic rings. The van der Waals surface area contributed by atoms with Crippen molar-refractivity contribution in [3.63, 3.8) is 0 Å². The van der Waals surface area contributed by atoms with Gasteiger partial charge < -0.3 is 50.9 Å². The monoisotopic (exact) mass is 545 g/mol. The maximum atomic E-state index is 12.4. The molecule has 1 radical (unpaired) electrons. The van der Waals surface area contributed by atoms with Crippen LogP contribution in [0.3, 0.4) is 0 Å². The van der Waals surface area contributed by atoms with Crippen molar-refractivity contribution in [2.45, 2.75) is 49.9 Å². The van der Waals surface area contributed by atoms with E-state index in [1.165, 1.54) is 9.80 Å². The van der Waals surface area contributed by atoms with Crippen molar-refractivity contribution >= 4 is 23.8 Å². The second kappa shape index (κ2) is 17.6.